The molecule has 0 saturated heterocycles. The van der Waals surface area contributed by atoms with Crippen LogP contribution in [0.25, 0.3) is 27.9 Å². The lowest BCUT2D eigenvalue weighted by Crippen LogP contribution is -2.18. The molecule has 0 aliphatic rings. The summed E-state index contributed by atoms with van der Waals surface area (Å²) in [6.07, 6.45) is 0. The van der Waals surface area contributed by atoms with Crippen LogP contribution in [0.2, 0.25) is 5.02 Å². The van der Waals surface area contributed by atoms with Gasteiger partial charge in [-0.15, -0.1) is 0 Å². The van der Waals surface area contributed by atoms with Crippen LogP contribution in [0, 0.1) is 6.92 Å². The third-order valence-corrected chi connectivity index (χ3v) is 5.82. The quantitative estimate of drug-likeness (QED) is 0.311. The van der Waals surface area contributed by atoms with Crippen molar-refractivity contribution >= 4 is 51.5 Å². The van der Waals surface area contributed by atoms with Gasteiger partial charge in [-0.1, -0.05) is 41.4 Å². The van der Waals surface area contributed by atoms with Crippen molar-refractivity contribution in [1.82, 2.24) is 14.5 Å². The molecule has 7 nitrogen and oxygen atoms in total. The van der Waals surface area contributed by atoms with Crippen LogP contribution >= 0.6 is 11.6 Å². The van der Waals surface area contributed by atoms with Gasteiger partial charge in [0, 0.05) is 16.3 Å². The molecule has 0 aliphatic carbocycles. The van der Waals surface area contributed by atoms with Crippen molar-refractivity contribution in [1.29, 1.82) is 0 Å². The Morgan fingerprint density at radius 2 is 1.60 bits per heavy atom. The van der Waals surface area contributed by atoms with Gasteiger partial charge in [0.15, 0.2) is 5.65 Å². The van der Waals surface area contributed by atoms with Gasteiger partial charge in [-0.2, -0.15) is 0 Å². The maximum Gasteiger partial charge on any atom is 0.344 e. The molecule has 0 spiro atoms. The predicted octanol–water partition coefficient (Wildman–Crippen LogP) is 5.96. The summed E-state index contributed by atoms with van der Waals surface area (Å²) in [7, 11) is 0. The van der Waals surface area contributed by atoms with E-state index >= 15 is 0 Å². The lowest BCUT2D eigenvalue weighted by atomic mass is 10.2. The molecule has 0 unspecified atom stereocenters. The topological polar surface area (TPSA) is 86.1 Å². The van der Waals surface area contributed by atoms with Crippen LogP contribution in [0.5, 0.6) is 0 Å². The summed E-state index contributed by atoms with van der Waals surface area (Å²) in [5, 5.41) is 3.43. The highest BCUT2D eigenvalue weighted by atomic mass is 35.5. The zero-order chi connectivity index (χ0) is 24.5. The van der Waals surface area contributed by atoms with Gasteiger partial charge < -0.3 is 10.1 Å². The second-order valence-electron chi connectivity index (χ2n) is 7.96. The summed E-state index contributed by atoms with van der Waals surface area (Å²) in [5.74, 6) is -0.773. The van der Waals surface area contributed by atoms with E-state index < -0.39 is 11.9 Å². The highest BCUT2D eigenvalue weighted by molar-refractivity contribution is 6.30. The number of nitrogens with one attached hydrogen (secondary N) is 1. The summed E-state index contributed by atoms with van der Waals surface area (Å²) in [5.41, 5.74) is 4.38. The predicted molar refractivity (Wildman–Crippen MR) is 136 cm³/mol. The number of benzene rings is 3. The van der Waals surface area contributed by atoms with Gasteiger partial charge in [0.25, 0.3) is 5.91 Å². The molecule has 0 atom stereocenters. The van der Waals surface area contributed by atoms with Crippen LogP contribution < -0.4 is 5.32 Å². The van der Waals surface area contributed by atoms with E-state index in [9.17, 15) is 9.59 Å². The van der Waals surface area contributed by atoms with Gasteiger partial charge in [0.2, 0.25) is 0 Å². The number of para-hydroxylation sites is 2. The number of ether oxygens (including phenoxy) is 1. The van der Waals surface area contributed by atoms with Crippen molar-refractivity contribution < 1.29 is 14.3 Å². The zero-order valence-corrected chi connectivity index (χ0v) is 19.8. The molecular weight excluding hydrogens is 464 g/mol. The molecule has 0 fully saturated rings. The highest BCUT2D eigenvalue weighted by Crippen LogP contribution is 2.34. The number of aromatic nitrogens is 3. The maximum atomic E-state index is 13.2. The molecule has 2 heterocycles. The molecule has 5 rings (SSSR count). The second-order valence-corrected chi connectivity index (χ2v) is 8.40. The number of esters is 1. The first-order valence-corrected chi connectivity index (χ1v) is 11.5. The summed E-state index contributed by atoms with van der Waals surface area (Å²) in [6, 6.07) is 21.6. The Morgan fingerprint density at radius 3 is 2.26 bits per heavy atom. The Labute approximate surface area is 206 Å². The molecule has 2 aromatic heterocycles. The second kappa shape index (κ2) is 9.19. The molecular formula is C27H21ClN4O3. The van der Waals surface area contributed by atoms with Crippen LogP contribution in [0.4, 0.5) is 5.82 Å². The number of hydrogen-bond donors (Lipinski definition) is 1. The fourth-order valence-electron chi connectivity index (χ4n) is 3.89. The molecule has 1 amide bonds. The van der Waals surface area contributed by atoms with E-state index in [4.69, 9.17) is 26.3 Å². The number of carbonyl (C=O) groups is 2. The van der Waals surface area contributed by atoms with Gasteiger partial charge in [0.1, 0.15) is 16.9 Å². The van der Waals surface area contributed by atoms with E-state index in [1.54, 1.807) is 35.8 Å². The monoisotopic (exact) mass is 484 g/mol. The lowest BCUT2D eigenvalue weighted by molar-refractivity contribution is 0.0529. The highest BCUT2D eigenvalue weighted by Gasteiger charge is 2.29. The van der Waals surface area contributed by atoms with Gasteiger partial charge in [-0.3, -0.25) is 9.36 Å². The van der Waals surface area contributed by atoms with Crippen LogP contribution in [0.15, 0.2) is 72.8 Å². The van der Waals surface area contributed by atoms with Crippen molar-refractivity contribution in [3.8, 4) is 5.69 Å². The SMILES string of the molecule is CCOC(=O)c1c(NC(=O)c2ccc(Cl)cc2)n(-c2ccc(C)cc2)c2nc3ccccc3nc12. The summed E-state index contributed by atoms with van der Waals surface area (Å²) in [6.45, 7) is 3.88. The molecule has 8 heteroatoms. The minimum Gasteiger partial charge on any atom is -0.462 e. The average Bonchev–Trinajstić information content (AvgIpc) is 3.16. The van der Waals surface area contributed by atoms with Crippen molar-refractivity contribution in [2.24, 2.45) is 0 Å². The van der Waals surface area contributed by atoms with E-state index in [0.29, 0.717) is 38.5 Å². The Morgan fingerprint density at radius 1 is 0.943 bits per heavy atom. The smallest absolute Gasteiger partial charge is 0.344 e. The van der Waals surface area contributed by atoms with Crippen molar-refractivity contribution in [2.75, 3.05) is 11.9 Å². The number of anilines is 1. The van der Waals surface area contributed by atoms with Gasteiger partial charge in [-0.25, -0.2) is 14.8 Å². The first-order valence-electron chi connectivity index (χ1n) is 11.1. The van der Waals surface area contributed by atoms with Crippen LogP contribution in [-0.4, -0.2) is 33.0 Å². The molecule has 0 aliphatic heterocycles. The Bertz CT molecular complexity index is 1570. The molecule has 174 valence electrons. The van der Waals surface area contributed by atoms with E-state index in [2.05, 4.69) is 5.32 Å². The number of hydrogen-bond acceptors (Lipinski definition) is 5. The standard InChI is InChI=1S/C27H21ClN4O3/c1-3-35-27(34)22-23-25(30-21-7-5-4-6-20(21)29-23)32(19-14-8-16(2)9-15-19)24(22)31-26(33)17-10-12-18(28)13-11-17/h4-15H,3H2,1-2H3,(H,31,33). The lowest BCUT2D eigenvalue weighted by Gasteiger charge is -2.13. The fraction of sp³-hybridized carbons (Fsp3) is 0.111. The number of carbonyl (C=O) groups excluding carboxylic acids is 2. The molecule has 1 N–H and O–H groups in total. The van der Waals surface area contributed by atoms with E-state index in [-0.39, 0.29) is 18.0 Å². The molecule has 3 aromatic carbocycles. The normalized spacial score (nSPS) is 11.1. The number of nitrogens with zero attached hydrogens (tertiary/aromatic N) is 3. The molecule has 0 radical (unpaired) electrons. The molecule has 35 heavy (non-hydrogen) atoms. The third kappa shape index (κ3) is 4.22. The Balaban J connectivity index is 1.81. The molecule has 5 aromatic rings. The third-order valence-electron chi connectivity index (χ3n) is 5.57. The van der Waals surface area contributed by atoms with Crippen molar-refractivity contribution in [3.63, 3.8) is 0 Å². The number of amides is 1. The van der Waals surface area contributed by atoms with Gasteiger partial charge in [0.05, 0.1) is 17.6 Å². The number of aryl methyl sites for hydroxylation is 1. The van der Waals surface area contributed by atoms with Crippen molar-refractivity contribution in [2.45, 2.75) is 13.8 Å². The number of rotatable bonds is 5. The number of fused-ring (bicyclic) bond motifs is 2. The fourth-order valence-corrected chi connectivity index (χ4v) is 4.01. The zero-order valence-electron chi connectivity index (χ0n) is 19.1. The van der Waals surface area contributed by atoms with E-state index in [1.807, 2.05) is 55.5 Å². The maximum absolute atomic E-state index is 13.2. The minimum atomic E-state index is -0.598. The minimum absolute atomic E-state index is 0.142. The van der Waals surface area contributed by atoms with Gasteiger partial charge >= 0.3 is 5.97 Å². The summed E-state index contributed by atoms with van der Waals surface area (Å²) >= 11 is 5.99. The van der Waals surface area contributed by atoms with Gasteiger partial charge in [-0.05, 0) is 62.4 Å². The first-order chi connectivity index (χ1) is 17.0. The van der Waals surface area contributed by atoms with Crippen LogP contribution in [0.3, 0.4) is 0 Å². The Kier molecular flexibility index (Phi) is 5.93. The van der Waals surface area contributed by atoms with E-state index in [1.165, 1.54) is 0 Å². The van der Waals surface area contributed by atoms with Crippen molar-refractivity contribution in [3.05, 3.63) is 94.5 Å². The Hall–Kier alpha value is -4.23. The summed E-state index contributed by atoms with van der Waals surface area (Å²) < 4.78 is 7.10. The van der Waals surface area contributed by atoms with E-state index in [0.717, 1.165) is 5.56 Å². The first kappa shape index (κ1) is 22.6. The largest absolute Gasteiger partial charge is 0.462 e. The molecule has 0 saturated carbocycles. The average molecular weight is 485 g/mol. The number of halogens is 1. The summed E-state index contributed by atoms with van der Waals surface area (Å²) in [4.78, 5) is 36.0. The molecule has 0 bridgehead atoms. The van der Waals surface area contributed by atoms with Crippen LogP contribution in [-0.2, 0) is 4.74 Å². The van der Waals surface area contributed by atoms with Crippen LogP contribution in [0.1, 0.15) is 33.2 Å².